The lowest BCUT2D eigenvalue weighted by atomic mass is 10.3. The predicted octanol–water partition coefficient (Wildman–Crippen LogP) is 2.88. The number of hydrogen-bond acceptors (Lipinski definition) is 3. The van der Waals surface area contributed by atoms with Gasteiger partial charge in [-0.1, -0.05) is 30.1 Å². The molecule has 0 aliphatic carbocycles. The molecule has 23 heavy (non-hydrogen) atoms. The second kappa shape index (κ2) is 8.52. The van der Waals surface area contributed by atoms with E-state index < -0.39 is 0 Å². The number of halogens is 2. The Balaban J connectivity index is 1.86. The van der Waals surface area contributed by atoms with Crippen molar-refractivity contribution >= 4 is 40.7 Å². The summed E-state index contributed by atoms with van der Waals surface area (Å²) in [7, 11) is 0. The van der Waals surface area contributed by atoms with Crippen molar-refractivity contribution in [2.45, 2.75) is 19.8 Å². The molecule has 126 valence electrons. The molecule has 1 N–H and O–H groups in total. The van der Waals surface area contributed by atoms with E-state index in [0.29, 0.717) is 35.2 Å². The van der Waals surface area contributed by atoms with E-state index in [1.807, 2.05) is 11.8 Å². The Labute approximate surface area is 146 Å². The van der Waals surface area contributed by atoms with Crippen LogP contribution in [0.2, 0.25) is 10.0 Å². The Morgan fingerprint density at radius 1 is 1.17 bits per heavy atom. The molecular weight excluding hydrogens is 337 g/mol. The molecule has 0 radical (unpaired) electrons. The number of nitrogens with one attached hydrogen (secondary N) is 1. The number of carbonyl (C=O) groups is 2. The number of benzene rings is 1. The molecule has 0 atom stereocenters. The van der Waals surface area contributed by atoms with Crippen LogP contribution in [0.5, 0.6) is 0 Å². The van der Waals surface area contributed by atoms with Crippen LogP contribution >= 0.6 is 23.2 Å². The normalized spacial score (nSPS) is 16.0. The largest absolute Gasteiger partial charge is 0.341 e. The summed E-state index contributed by atoms with van der Waals surface area (Å²) in [5.74, 6) is 0.0498. The summed E-state index contributed by atoms with van der Waals surface area (Å²) in [6.45, 7) is 5.08. The Morgan fingerprint density at radius 3 is 2.65 bits per heavy atom. The van der Waals surface area contributed by atoms with Crippen LogP contribution in [0.1, 0.15) is 19.8 Å². The van der Waals surface area contributed by atoms with E-state index in [0.717, 1.165) is 19.5 Å². The standard InChI is InChI=1S/C16H21Cl2N3O2/c1-2-16(23)21-7-3-6-20(8-9-21)11-15(22)19-14-5-4-12(17)10-13(14)18/h4-5,10H,2-3,6-9,11H2,1H3,(H,19,22). The van der Waals surface area contributed by atoms with Crippen molar-refractivity contribution in [3.63, 3.8) is 0 Å². The minimum Gasteiger partial charge on any atom is -0.341 e. The van der Waals surface area contributed by atoms with Gasteiger partial charge in [-0.05, 0) is 24.6 Å². The van der Waals surface area contributed by atoms with Crippen LogP contribution in [0.3, 0.4) is 0 Å². The summed E-state index contributed by atoms with van der Waals surface area (Å²) in [5.41, 5.74) is 0.554. The predicted molar refractivity (Wildman–Crippen MR) is 93.0 cm³/mol. The number of amides is 2. The zero-order chi connectivity index (χ0) is 16.8. The maximum absolute atomic E-state index is 12.2. The monoisotopic (exact) mass is 357 g/mol. The van der Waals surface area contributed by atoms with E-state index in [2.05, 4.69) is 10.2 Å². The molecule has 1 aromatic rings. The first-order valence-corrected chi connectivity index (χ1v) is 8.50. The second-order valence-corrected chi connectivity index (χ2v) is 6.38. The summed E-state index contributed by atoms with van der Waals surface area (Å²) in [6.07, 6.45) is 1.40. The zero-order valence-corrected chi connectivity index (χ0v) is 14.7. The van der Waals surface area contributed by atoms with E-state index in [9.17, 15) is 9.59 Å². The molecule has 1 fully saturated rings. The molecule has 7 heteroatoms. The van der Waals surface area contributed by atoms with Gasteiger partial charge in [0.15, 0.2) is 0 Å². The molecule has 2 rings (SSSR count). The lowest BCUT2D eigenvalue weighted by Crippen LogP contribution is -2.37. The van der Waals surface area contributed by atoms with Crippen LogP contribution in [0.4, 0.5) is 5.69 Å². The van der Waals surface area contributed by atoms with E-state index >= 15 is 0 Å². The Bertz CT molecular complexity index is 580. The fraction of sp³-hybridized carbons (Fsp3) is 0.500. The highest BCUT2D eigenvalue weighted by atomic mass is 35.5. The van der Waals surface area contributed by atoms with E-state index in [1.165, 1.54) is 0 Å². The van der Waals surface area contributed by atoms with Crippen molar-refractivity contribution in [2.24, 2.45) is 0 Å². The van der Waals surface area contributed by atoms with Crippen LogP contribution in [0.25, 0.3) is 0 Å². The number of anilines is 1. The lowest BCUT2D eigenvalue weighted by molar-refractivity contribution is -0.130. The smallest absolute Gasteiger partial charge is 0.238 e. The lowest BCUT2D eigenvalue weighted by Gasteiger charge is -2.21. The Kier molecular flexibility index (Phi) is 6.69. The molecule has 0 bridgehead atoms. The maximum Gasteiger partial charge on any atom is 0.238 e. The highest BCUT2D eigenvalue weighted by Gasteiger charge is 2.19. The number of carbonyl (C=O) groups excluding carboxylic acids is 2. The number of rotatable bonds is 4. The maximum atomic E-state index is 12.2. The second-order valence-electron chi connectivity index (χ2n) is 5.54. The van der Waals surface area contributed by atoms with Gasteiger partial charge in [0.05, 0.1) is 17.3 Å². The van der Waals surface area contributed by atoms with Crippen LogP contribution in [0, 0.1) is 0 Å². The number of nitrogens with zero attached hydrogens (tertiary/aromatic N) is 2. The molecule has 1 saturated heterocycles. The van der Waals surface area contributed by atoms with Gasteiger partial charge in [-0.3, -0.25) is 14.5 Å². The van der Waals surface area contributed by atoms with E-state index in [4.69, 9.17) is 23.2 Å². The minimum atomic E-state index is -0.121. The van der Waals surface area contributed by atoms with Gasteiger partial charge in [-0.2, -0.15) is 0 Å². The highest BCUT2D eigenvalue weighted by Crippen LogP contribution is 2.25. The summed E-state index contributed by atoms with van der Waals surface area (Å²) in [6, 6.07) is 4.97. The van der Waals surface area contributed by atoms with Gasteiger partial charge in [0, 0.05) is 37.6 Å². The fourth-order valence-corrected chi connectivity index (χ4v) is 3.04. The van der Waals surface area contributed by atoms with Crippen LogP contribution in [0.15, 0.2) is 18.2 Å². The molecule has 0 spiro atoms. The summed E-state index contributed by atoms with van der Waals surface area (Å²) >= 11 is 11.9. The SMILES string of the molecule is CCC(=O)N1CCCN(CC(=O)Nc2ccc(Cl)cc2Cl)CC1. The molecule has 1 aliphatic rings. The quantitative estimate of drug-likeness (QED) is 0.901. The van der Waals surface area contributed by atoms with Crippen molar-refractivity contribution in [3.05, 3.63) is 28.2 Å². The van der Waals surface area contributed by atoms with Gasteiger partial charge >= 0.3 is 0 Å². The molecule has 1 aliphatic heterocycles. The molecule has 5 nitrogen and oxygen atoms in total. The average molecular weight is 358 g/mol. The van der Waals surface area contributed by atoms with Gasteiger partial charge in [0.25, 0.3) is 0 Å². The molecule has 0 unspecified atom stereocenters. The first-order valence-electron chi connectivity index (χ1n) is 7.74. The fourth-order valence-electron chi connectivity index (χ4n) is 2.59. The summed E-state index contributed by atoms with van der Waals surface area (Å²) < 4.78 is 0. The average Bonchev–Trinajstić information content (AvgIpc) is 2.75. The van der Waals surface area contributed by atoms with Gasteiger partial charge in [-0.15, -0.1) is 0 Å². The molecule has 0 aromatic heterocycles. The Morgan fingerprint density at radius 2 is 1.96 bits per heavy atom. The van der Waals surface area contributed by atoms with Crippen molar-refractivity contribution in [3.8, 4) is 0 Å². The molecular formula is C16H21Cl2N3O2. The number of hydrogen-bond donors (Lipinski definition) is 1. The topological polar surface area (TPSA) is 52.7 Å². The third kappa shape index (κ3) is 5.37. The van der Waals surface area contributed by atoms with Gasteiger partial charge in [0.2, 0.25) is 11.8 Å². The minimum absolute atomic E-state index is 0.121. The first kappa shape index (κ1) is 18.0. The van der Waals surface area contributed by atoms with Crippen molar-refractivity contribution in [1.82, 2.24) is 9.80 Å². The first-order chi connectivity index (χ1) is 11.0. The van der Waals surface area contributed by atoms with Crippen molar-refractivity contribution in [1.29, 1.82) is 0 Å². The molecule has 1 aromatic carbocycles. The summed E-state index contributed by atoms with van der Waals surface area (Å²) in [4.78, 5) is 27.9. The van der Waals surface area contributed by atoms with Crippen molar-refractivity contribution < 1.29 is 9.59 Å². The Hall–Kier alpha value is -1.30. The third-order valence-corrected chi connectivity index (χ3v) is 4.36. The third-order valence-electron chi connectivity index (χ3n) is 3.82. The molecule has 1 heterocycles. The highest BCUT2D eigenvalue weighted by molar-refractivity contribution is 6.36. The van der Waals surface area contributed by atoms with Crippen LogP contribution in [-0.4, -0.2) is 54.3 Å². The molecule has 2 amide bonds. The van der Waals surface area contributed by atoms with Crippen molar-refractivity contribution in [2.75, 3.05) is 38.0 Å². The zero-order valence-electron chi connectivity index (χ0n) is 13.1. The summed E-state index contributed by atoms with van der Waals surface area (Å²) in [5, 5.41) is 3.75. The molecule has 0 saturated carbocycles. The van der Waals surface area contributed by atoms with Gasteiger partial charge in [0.1, 0.15) is 0 Å². The van der Waals surface area contributed by atoms with Crippen LogP contribution < -0.4 is 5.32 Å². The van der Waals surface area contributed by atoms with Crippen LogP contribution in [-0.2, 0) is 9.59 Å². The van der Waals surface area contributed by atoms with E-state index in [1.54, 1.807) is 18.2 Å². The van der Waals surface area contributed by atoms with Gasteiger partial charge < -0.3 is 10.2 Å². The van der Waals surface area contributed by atoms with E-state index in [-0.39, 0.29) is 18.4 Å². The van der Waals surface area contributed by atoms with Gasteiger partial charge in [-0.25, -0.2) is 0 Å².